The van der Waals surface area contributed by atoms with E-state index in [0.29, 0.717) is 12.0 Å². The molecule has 0 bridgehead atoms. The molecule has 1 aromatic rings. The normalized spacial score (nSPS) is 13.1. The van der Waals surface area contributed by atoms with Crippen molar-refractivity contribution in [2.24, 2.45) is 11.7 Å². The van der Waals surface area contributed by atoms with Crippen LogP contribution in [0.25, 0.3) is 0 Å². The van der Waals surface area contributed by atoms with Gasteiger partial charge in [-0.3, -0.25) is 0 Å². The molecule has 2 N–H and O–H groups in total. The Morgan fingerprint density at radius 2 is 1.79 bits per heavy atom. The quantitative estimate of drug-likeness (QED) is 0.851. The average molecular weight is 283 g/mol. The van der Waals surface area contributed by atoms with Gasteiger partial charge in [0.1, 0.15) is 0 Å². The molecule has 0 heterocycles. The number of anilines is 1. The first-order valence-electron chi connectivity index (χ1n) is 7.12. The number of nitrogens with two attached hydrogens (primary N) is 1. The summed E-state index contributed by atoms with van der Waals surface area (Å²) < 4.78 is 0. The van der Waals surface area contributed by atoms with Crippen molar-refractivity contribution in [3.63, 3.8) is 0 Å². The zero-order valence-corrected chi connectivity index (χ0v) is 13.5. The fourth-order valence-corrected chi connectivity index (χ4v) is 2.52. The first kappa shape index (κ1) is 16.3. The second-order valence-corrected chi connectivity index (χ2v) is 6.53. The zero-order valence-electron chi connectivity index (χ0n) is 12.8. The number of hydrogen-bond acceptors (Lipinski definition) is 2. The fraction of sp³-hybridized carbons (Fsp3) is 0.625. The fourth-order valence-electron chi connectivity index (χ4n) is 2.33. The minimum atomic E-state index is 0.144. The van der Waals surface area contributed by atoms with E-state index >= 15 is 0 Å². The Labute approximate surface area is 122 Å². The maximum Gasteiger partial charge on any atom is 0.0410 e. The standard InChI is InChI=1S/C16H27ClN2/c1-11(2)10-19(12(3)4)16-7-6-15(17)9-14(16)8-13(5)18/h6-7,9,11-13H,8,10,18H2,1-5H3. The third-order valence-corrected chi connectivity index (χ3v) is 3.31. The van der Waals surface area contributed by atoms with Gasteiger partial charge in [0.25, 0.3) is 0 Å². The van der Waals surface area contributed by atoms with Gasteiger partial charge >= 0.3 is 0 Å². The Kier molecular flexibility index (Phi) is 6.15. The lowest BCUT2D eigenvalue weighted by atomic mass is 10.0. The predicted molar refractivity (Wildman–Crippen MR) is 86.1 cm³/mol. The lowest BCUT2D eigenvalue weighted by Crippen LogP contribution is -2.35. The van der Waals surface area contributed by atoms with Gasteiger partial charge in [-0.1, -0.05) is 25.4 Å². The first-order valence-corrected chi connectivity index (χ1v) is 7.49. The largest absolute Gasteiger partial charge is 0.369 e. The van der Waals surface area contributed by atoms with Crippen LogP contribution >= 0.6 is 11.6 Å². The van der Waals surface area contributed by atoms with E-state index in [0.717, 1.165) is 18.0 Å². The lowest BCUT2D eigenvalue weighted by Gasteiger charge is -2.33. The summed E-state index contributed by atoms with van der Waals surface area (Å²) in [7, 11) is 0. The summed E-state index contributed by atoms with van der Waals surface area (Å²) in [4.78, 5) is 2.44. The predicted octanol–water partition coefficient (Wildman–Crippen LogP) is 4.10. The molecule has 0 radical (unpaired) electrons. The van der Waals surface area contributed by atoms with E-state index in [1.165, 1.54) is 11.3 Å². The Hall–Kier alpha value is -0.730. The number of hydrogen-bond donors (Lipinski definition) is 1. The van der Waals surface area contributed by atoms with Crippen molar-refractivity contribution >= 4 is 17.3 Å². The van der Waals surface area contributed by atoms with Gasteiger partial charge in [0.2, 0.25) is 0 Å². The van der Waals surface area contributed by atoms with Crippen molar-refractivity contribution in [2.45, 2.75) is 53.1 Å². The van der Waals surface area contributed by atoms with Gasteiger partial charge in [0.15, 0.2) is 0 Å². The van der Waals surface area contributed by atoms with Crippen LogP contribution in [0.2, 0.25) is 5.02 Å². The van der Waals surface area contributed by atoms with E-state index in [9.17, 15) is 0 Å². The van der Waals surface area contributed by atoms with Crippen LogP contribution in [-0.4, -0.2) is 18.6 Å². The first-order chi connectivity index (χ1) is 8.81. The Bertz CT molecular complexity index is 400. The molecule has 0 fully saturated rings. The van der Waals surface area contributed by atoms with E-state index in [1.807, 2.05) is 13.0 Å². The van der Waals surface area contributed by atoms with Crippen molar-refractivity contribution in [3.05, 3.63) is 28.8 Å². The molecule has 0 spiro atoms. The molecule has 108 valence electrons. The van der Waals surface area contributed by atoms with Gasteiger partial charge in [-0.15, -0.1) is 0 Å². The van der Waals surface area contributed by atoms with E-state index < -0.39 is 0 Å². The van der Waals surface area contributed by atoms with Gasteiger partial charge in [-0.25, -0.2) is 0 Å². The second-order valence-electron chi connectivity index (χ2n) is 6.09. The topological polar surface area (TPSA) is 29.3 Å². The van der Waals surface area contributed by atoms with Crippen molar-refractivity contribution < 1.29 is 0 Å². The minimum absolute atomic E-state index is 0.144. The van der Waals surface area contributed by atoms with Crippen LogP contribution in [0.3, 0.4) is 0 Å². The van der Waals surface area contributed by atoms with Crippen LogP contribution in [-0.2, 0) is 6.42 Å². The molecule has 0 aliphatic heterocycles. The van der Waals surface area contributed by atoms with Gasteiger partial charge in [0, 0.05) is 29.3 Å². The van der Waals surface area contributed by atoms with Crippen LogP contribution in [0.5, 0.6) is 0 Å². The second kappa shape index (κ2) is 7.16. The van der Waals surface area contributed by atoms with Crippen LogP contribution in [0.15, 0.2) is 18.2 Å². The molecule has 0 aliphatic carbocycles. The van der Waals surface area contributed by atoms with Crippen molar-refractivity contribution in [1.82, 2.24) is 0 Å². The number of benzene rings is 1. The third-order valence-electron chi connectivity index (χ3n) is 3.08. The summed E-state index contributed by atoms with van der Waals surface area (Å²) in [5.41, 5.74) is 8.48. The molecule has 0 saturated carbocycles. The molecule has 19 heavy (non-hydrogen) atoms. The third kappa shape index (κ3) is 5.04. The maximum absolute atomic E-state index is 6.13. The van der Waals surface area contributed by atoms with E-state index in [-0.39, 0.29) is 6.04 Å². The van der Waals surface area contributed by atoms with Crippen LogP contribution in [0.4, 0.5) is 5.69 Å². The molecule has 0 aliphatic rings. The Morgan fingerprint density at radius 3 is 2.26 bits per heavy atom. The van der Waals surface area contributed by atoms with Gasteiger partial charge in [-0.2, -0.15) is 0 Å². The van der Waals surface area contributed by atoms with Gasteiger partial charge in [-0.05, 0) is 56.9 Å². The molecule has 0 saturated heterocycles. The summed E-state index contributed by atoms with van der Waals surface area (Å²) in [6.45, 7) is 12.0. The lowest BCUT2D eigenvalue weighted by molar-refractivity contribution is 0.568. The monoisotopic (exact) mass is 282 g/mol. The highest BCUT2D eigenvalue weighted by molar-refractivity contribution is 6.30. The molecule has 0 aromatic heterocycles. The maximum atomic E-state index is 6.13. The summed E-state index contributed by atoms with van der Waals surface area (Å²) in [6, 6.07) is 6.76. The van der Waals surface area contributed by atoms with Crippen molar-refractivity contribution in [1.29, 1.82) is 0 Å². The summed E-state index contributed by atoms with van der Waals surface area (Å²) in [6.07, 6.45) is 0.858. The average Bonchev–Trinajstić information content (AvgIpc) is 2.25. The molecule has 0 amide bonds. The molecule has 2 nitrogen and oxygen atoms in total. The summed E-state index contributed by atoms with van der Waals surface area (Å²) >= 11 is 6.13. The molecular weight excluding hydrogens is 256 g/mol. The molecular formula is C16H27ClN2. The number of nitrogens with zero attached hydrogens (tertiary/aromatic N) is 1. The van der Waals surface area contributed by atoms with Crippen LogP contribution in [0, 0.1) is 5.92 Å². The minimum Gasteiger partial charge on any atom is -0.369 e. The van der Waals surface area contributed by atoms with E-state index in [2.05, 4.69) is 44.7 Å². The highest BCUT2D eigenvalue weighted by Crippen LogP contribution is 2.27. The van der Waals surface area contributed by atoms with Gasteiger partial charge < -0.3 is 10.6 Å². The highest BCUT2D eigenvalue weighted by Gasteiger charge is 2.16. The van der Waals surface area contributed by atoms with Crippen molar-refractivity contribution in [3.8, 4) is 0 Å². The molecule has 1 aromatic carbocycles. The smallest absolute Gasteiger partial charge is 0.0410 e. The van der Waals surface area contributed by atoms with Crippen molar-refractivity contribution in [2.75, 3.05) is 11.4 Å². The SMILES string of the molecule is CC(C)CN(c1ccc(Cl)cc1CC(C)N)C(C)C. The highest BCUT2D eigenvalue weighted by atomic mass is 35.5. The summed E-state index contributed by atoms with van der Waals surface area (Å²) in [5, 5.41) is 0.785. The number of rotatable bonds is 6. The number of halogens is 1. The van der Waals surface area contributed by atoms with E-state index in [4.69, 9.17) is 17.3 Å². The van der Waals surface area contributed by atoms with Gasteiger partial charge in [0.05, 0.1) is 0 Å². The van der Waals surface area contributed by atoms with E-state index in [1.54, 1.807) is 0 Å². The Balaban J connectivity index is 3.13. The molecule has 1 atom stereocenters. The summed E-state index contributed by atoms with van der Waals surface area (Å²) in [5.74, 6) is 0.626. The molecule has 1 unspecified atom stereocenters. The van der Waals surface area contributed by atoms with Crippen LogP contribution < -0.4 is 10.6 Å². The zero-order chi connectivity index (χ0) is 14.6. The molecule has 1 rings (SSSR count). The van der Waals surface area contributed by atoms with Crippen LogP contribution in [0.1, 0.15) is 40.2 Å². The molecule has 3 heteroatoms. The Morgan fingerprint density at radius 1 is 1.16 bits per heavy atom.